The zero-order valence-corrected chi connectivity index (χ0v) is 15.8. The number of nitrogens with zero attached hydrogens (tertiary/aromatic N) is 1. The highest BCUT2D eigenvalue weighted by atomic mass is 32.2. The molecule has 1 aromatic rings. The minimum Gasteiger partial charge on any atom is -0.493 e. The van der Waals surface area contributed by atoms with Crippen LogP contribution < -0.4 is 14.8 Å². The predicted molar refractivity (Wildman–Crippen MR) is 96.1 cm³/mol. The van der Waals surface area contributed by atoms with Gasteiger partial charge in [-0.1, -0.05) is 6.07 Å². The van der Waals surface area contributed by atoms with E-state index in [0.29, 0.717) is 37.6 Å². The van der Waals surface area contributed by atoms with E-state index < -0.39 is 9.84 Å². The molecule has 1 N–H and O–H groups in total. The number of rotatable bonds is 7. The van der Waals surface area contributed by atoms with Crippen LogP contribution in [0.25, 0.3) is 0 Å². The van der Waals surface area contributed by atoms with Crippen LogP contribution in [0.2, 0.25) is 0 Å². The molecule has 1 atom stereocenters. The van der Waals surface area contributed by atoms with Gasteiger partial charge in [-0.3, -0.25) is 0 Å². The highest BCUT2D eigenvalue weighted by Crippen LogP contribution is 2.27. The average molecular weight is 370 g/mol. The van der Waals surface area contributed by atoms with Crippen LogP contribution in [0, 0.1) is 6.92 Å². The molecule has 7 nitrogen and oxygen atoms in total. The Morgan fingerprint density at radius 1 is 1.36 bits per heavy atom. The summed E-state index contributed by atoms with van der Waals surface area (Å²) in [6.45, 7) is 4.91. The second kappa shape index (κ2) is 8.42. The molecule has 25 heavy (non-hydrogen) atoms. The smallest absolute Gasteiger partial charge is 0.317 e. The molecule has 1 fully saturated rings. The average Bonchev–Trinajstić information content (AvgIpc) is 2.92. The van der Waals surface area contributed by atoms with E-state index in [1.807, 2.05) is 32.0 Å². The number of urea groups is 1. The normalized spacial score (nSPS) is 18.6. The van der Waals surface area contributed by atoms with E-state index in [0.717, 1.165) is 5.56 Å². The van der Waals surface area contributed by atoms with Gasteiger partial charge in [-0.15, -0.1) is 0 Å². The second-order valence-electron chi connectivity index (χ2n) is 6.08. The summed E-state index contributed by atoms with van der Waals surface area (Å²) >= 11 is 0. The Bertz CT molecular complexity index is 705. The Hall–Kier alpha value is -1.96. The van der Waals surface area contributed by atoms with E-state index >= 15 is 0 Å². The van der Waals surface area contributed by atoms with Crippen molar-refractivity contribution in [1.82, 2.24) is 10.2 Å². The maximum atomic E-state index is 12.3. The molecule has 1 heterocycles. The van der Waals surface area contributed by atoms with E-state index in [-0.39, 0.29) is 23.6 Å². The van der Waals surface area contributed by atoms with Crippen LogP contribution in [-0.2, 0) is 9.84 Å². The summed E-state index contributed by atoms with van der Waals surface area (Å²) in [6.07, 6.45) is 0.501. The van der Waals surface area contributed by atoms with E-state index in [1.165, 1.54) is 0 Å². The van der Waals surface area contributed by atoms with Gasteiger partial charge in [0, 0.05) is 12.6 Å². The molecular weight excluding hydrogens is 344 g/mol. The monoisotopic (exact) mass is 370 g/mol. The number of hydrogen-bond donors (Lipinski definition) is 1. The molecule has 140 valence electrons. The maximum Gasteiger partial charge on any atom is 0.317 e. The number of methoxy groups -OCH3 is 1. The van der Waals surface area contributed by atoms with Gasteiger partial charge in [-0.05, 0) is 38.0 Å². The van der Waals surface area contributed by atoms with E-state index in [1.54, 1.807) is 12.0 Å². The lowest BCUT2D eigenvalue weighted by molar-refractivity contribution is 0.181. The van der Waals surface area contributed by atoms with Crippen LogP contribution in [-0.4, -0.2) is 63.7 Å². The van der Waals surface area contributed by atoms with Crippen LogP contribution in [0.4, 0.5) is 4.79 Å². The standard InChI is InChI=1S/C17H26N2O5S/c1-4-19(14-7-10-25(21,22)12-14)17(20)18-8-9-24-15-6-5-13(2)11-16(15)23-3/h5-6,11,14H,4,7-10,12H2,1-3H3,(H,18,20). The molecule has 2 rings (SSSR count). The van der Waals surface area contributed by atoms with Gasteiger partial charge in [-0.25, -0.2) is 13.2 Å². The van der Waals surface area contributed by atoms with Crippen molar-refractivity contribution in [1.29, 1.82) is 0 Å². The van der Waals surface area contributed by atoms with Gasteiger partial charge < -0.3 is 19.7 Å². The third-order valence-electron chi connectivity index (χ3n) is 4.21. The fourth-order valence-corrected chi connectivity index (χ4v) is 4.63. The van der Waals surface area contributed by atoms with Crippen molar-refractivity contribution in [2.45, 2.75) is 26.3 Å². The summed E-state index contributed by atoms with van der Waals surface area (Å²) in [6, 6.07) is 5.14. The number of carbonyl (C=O) groups is 1. The highest BCUT2D eigenvalue weighted by Gasteiger charge is 2.33. The van der Waals surface area contributed by atoms with Gasteiger partial charge in [0.15, 0.2) is 21.3 Å². The molecule has 0 saturated carbocycles. The molecule has 0 aliphatic carbocycles. The largest absolute Gasteiger partial charge is 0.493 e. The third-order valence-corrected chi connectivity index (χ3v) is 5.96. The molecule has 1 aliphatic rings. The van der Waals surface area contributed by atoms with Gasteiger partial charge in [-0.2, -0.15) is 0 Å². The summed E-state index contributed by atoms with van der Waals surface area (Å²) in [5.74, 6) is 1.47. The van der Waals surface area contributed by atoms with E-state index in [4.69, 9.17) is 9.47 Å². The summed E-state index contributed by atoms with van der Waals surface area (Å²) in [5.41, 5.74) is 1.07. The van der Waals surface area contributed by atoms with Crippen molar-refractivity contribution >= 4 is 15.9 Å². The van der Waals surface area contributed by atoms with Crippen LogP contribution in [0.5, 0.6) is 11.5 Å². The second-order valence-corrected chi connectivity index (χ2v) is 8.31. The van der Waals surface area contributed by atoms with Crippen molar-refractivity contribution < 1.29 is 22.7 Å². The van der Waals surface area contributed by atoms with E-state index in [9.17, 15) is 13.2 Å². The Morgan fingerprint density at radius 2 is 2.12 bits per heavy atom. The van der Waals surface area contributed by atoms with Gasteiger partial charge in [0.1, 0.15) is 6.61 Å². The van der Waals surface area contributed by atoms with Crippen LogP contribution in [0.3, 0.4) is 0 Å². The number of ether oxygens (including phenoxy) is 2. The first kappa shape index (κ1) is 19.4. The van der Waals surface area contributed by atoms with Crippen molar-refractivity contribution in [2.24, 2.45) is 0 Å². The molecule has 0 spiro atoms. The lowest BCUT2D eigenvalue weighted by Gasteiger charge is -2.27. The van der Waals surface area contributed by atoms with Crippen molar-refractivity contribution in [3.05, 3.63) is 23.8 Å². The molecule has 1 saturated heterocycles. The molecule has 0 aromatic heterocycles. The van der Waals surface area contributed by atoms with Crippen LogP contribution >= 0.6 is 0 Å². The van der Waals surface area contributed by atoms with Crippen LogP contribution in [0.1, 0.15) is 18.9 Å². The lowest BCUT2D eigenvalue weighted by atomic mass is 10.2. The molecule has 2 amide bonds. The number of aryl methyl sites for hydroxylation is 1. The molecule has 1 aromatic carbocycles. The Morgan fingerprint density at radius 3 is 2.72 bits per heavy atom. The van der Waals surface area contributed by atoms with Crippen molar-refractivity contribution in [3.8, 4) is 11.5 Å². The highest BCUT2D eigenvalue weighted by molar-refractivity contribution is 7.91. The zero-order valence-electron chi connectivity index (χ0n) is 14.9. The van der Waals surface area contributed by atoms with Crippen molar-refractivity contribution in [3.63, 3.8) is 0 Å². The number of sulfone groups is 1. The van der Waals surface area contributed by atoms with E-state index in [2.05, 4.69) is 5.32 Å². The third kappa shape index (κ3) is 5.26. The first-order valence-corrected chi connectivity index (χ1v) is 10.2. The van der Waals surface area contributed by atoms with Crippen molar-refractivity contribution in [2.75, 3.05) is 38.3 Å². The summed E-state index contributed by atoms with van der Waals surface area (Å²) in [7, 11) is -1.44. The number of amides is 2. The SMILES string of the molecule is CCN(C(=O)NCCOc1ccc(C)cc1OC)C1CCS(=O)(=O)C1. The molecule has 1 unspecified atom stereocenters. The number of nitrogens with one attached hydrogen (secondary N) is 1. The number of benzene rings is 1. The Balaban J connectivity index is 1.82. The minimum absolute atomic E-state index is 0.0469. The summed E-state index contributed by atoms with van der Waals surface area (Å²) < 4.78 is 34.1. The first-order valence-electron chi connectivity index (χ1n) is 8.38. The number of carbonyl (C=O) groups excluding carboxylic acids is 1. The maximum absolute atomic E-state index is 12.3. The summed E-state index contributed by atoms with van der Waals surface area (Å²) in [4.78, 5) is 13.9. The molecule has 8 heteroatoms. The Labute approximate surface area is 149 Å². The van der Waals surface area contributed by atoms with Gasteiger partial charge in [0.05, 0.1) is 25.2 Å². The van der Waals surface area contributed by atoms with Crippen LogP contribution in [0.15, 0.2) is 18.2 Å². The topological polar surface area (TPSA) is 84.9 Å². The minimum atomic E-state index is -3.02. The fourth-order valence-electron chi connectivity index (χ4n) is 2.90. The zero-order chi connectivity index (χ0) is 18.4. The quantitative estimate of drug-likeness (QED) is 0.737. The summed E-state index contributed by atoms with van der Waals surface area (Å²) in [5, 5.41) is 2.78. The molecular formula is C17H26N2O5S. The van der Waals surface area contributed by atoms with Gasteiger partial charge in [0.2, 0.25) is 0 Å². The number of hydrogen-bond acceptors (Lipinski definition) is 5. The molecule has 0 radical (unpaired) electrons. The lowest BCUT2D eigenvalue weighted by Crippen LogP contribution is -2.47. The fraction of sp³-hybridized carbons (Fsp3) is 0.588. The van der Waals surface area contributed by atoms with Gasteiger partial charge >= 0.3 is 6.03 Å². The molecule has 1 aliphatic heterocycles. The molecule has 0 bridgehead atoms. The Kier molecular flexibility index (Phi) is 6.52. The first-order chi connectivity index (χ1) is 11.9. The predicted octanol–water partition coefficient (Wildman–Crippen LogP) is 1.60. The van der Waals surface area contributed by atoms with Gasteiger partial charge in [0.25, 0.3) is 0 Å².